The molecule has 5 nitrogen and oxygen atoms in total. The van der Waals surface area contributed by atoms with Crippen LogP contribution >= 0.6 is 11.6 Å². The van der Waals surface area contributed by atoms with E-state index in [2.05, 4.69) is 10.3 Å². The number of aromatic nitrogens is 2. The molecule has 1 fully saturated rings. The standard InChI is InChI=1S/C21H20ClN3O2/c1-13(23-21(27)15-6-7-15)20-24-17-4-2-3-5-18(17)25(20)12-19(26)14-8-10-16(22)11-9-14/h2-5,8-11,13,15H,6-7,12H2,1H3,(H,23,27). The Morgan fingerprint density at radius 1 is 1.19 bits per heavy atom. The monoisotopic (exact) mass is 381 g/mol. The van der Waals surface area contributed by atoms with Crippen molar-refractivity contribution in [2.75, 3.05) is 0 Å². The predicted molar refractivity (Wildman–Crippen MR) is 105 cm³/mol. The maximum atomic E-state index is 12.8. The molecule has 0 saturated heterocycles. The van der Waals surface area contributed by atoms with Gasteiger partial charge in [-0.3, -0.25) is 9.59 Å². The van der Waals surface area contributed by atoms with Crippen molar-refractivity contribution in [1.29, 1.82) is 0 Å². The van der Waals surface area contributed by atoms with Gasteiger partial charge in [0.15, 0.2) is 5.78 Å². The molecule has 1 amide bonds. The average molecular weight is 382 g/mol. The third-order valence-corrected chi connectivity index (χ3v) is 5.10. The van der Waals surface area contributed by atoms with Crippen LogP contribution in [0.3, 0.4) is 0 Å². The first-order chi connectivity index (χ1) is 13.0. The van der Waals surface area contributed by atoms with Crippen LogP contribution in [0.4, 0.5) is 0 Å². The minimum absolute atomic E-state index is 0.0308. The number of carbonyl (C=O) groups is 2. The summed E-state index contributed by atoms with van der Waals surface area (Å²) in [6, 6.07) is 14.3. The highest BCUT2D eigenvalue weighted by Gasteiger charge is 2.31. The van der Waals surface area contributed by atoms with E-state index in [9.17, 15) is 9.59 Å². The Bertz CT molecular complexity index is 1010. The Kier molecular flexibility index (Phi) is 4.70. The summed E-state index contributed by atoms with van der Waals surface area (Å²) in [5.41, 5.74) is 2.28. The Morgan fingerprint density at radius 3 is 2.59 bits per heavy atom. The number of amides is 1. The summed E-state index contributed by atoms with van der Waals surface area (Å²) < 4.78 is 1.89. The highest BCUT2D eigenvalue weighted by atomic mass is 35.5. The molecule has 1 aliphatic rings. The average Bonchev–Trinajstić information content (AvgIpc) is 3.45. The van der Waals surface area contributed by atoms with E-state index in [-0.39, 0.29) is 30.2 Å². The van der Waals surface area contributed by atoms with Gasteiger partial charge in [-0.15, -0.1) is 0 Å². The summed E-state index contributed by atoms with van der Waals surface area (Å²) >= 11 is 5.92. The van der Waals surface area contributed by atoms with E-state index < -0.39 is 0 Å². The molecular weight excluding hydrogens is 362 g/mol. The van der Waals surface area contributed by atoms with Crippen molar-refractivity contribution in [2.45, 2.75) is 32.4 Å². The molecule has 0 radical (unpaired) electrons. The lowest BCUT2D eigenvalue weighted by atomic mass is 10.1. The number of benzene rings is 2. The highest BCUT2D eigenvalue weighted by Crippen LogP contribution is 2.30. The second-order valence-electron chi connectivity index (χ2n) is 6.98. The normalized spacial score (nSPS) is 14.9. The fraction of sp³-hybridized carbons (Fsp3) is 0.286. The molecule has 138 valence electrons. The maximum Gasteiger partial charge on any atom is 0.223 e. The van der Waals surface area contributed by atoms with Crippen LogP contribution in [0.2, 0.25) is 5.02 Å². The number of imidazole rings is 1. The van der Waals surface area contributed by atoms with Crippen molar-refractivity contribution in [3.8, 4) is 0 Å². The van der Waals surface area contributed by atoms with Crippen LogP contribution in [-0.2, 0) is 11.3 Å². The molecule has 1 aromatic heterocycles. The van der Waals surface area contributed by atoms with E-state index in [0.717, 1.165) is 23.9 Å². The molecule has 1 atom stereocenters. The summed E-state index contributed by atoms with van der Waals surface area (Å²) in [6.07, 6.45) is 1.90. The first-order valence-corrected chi connectivity index (χ1v) is 9.45. The number of nitrogens with one attached hydrogen (secondary N) is 1. The van der Waals surface area contributed by atoms with Gasteiger partial charge in [-0.25, -0.2) is 4.98 Å². The lowest BCUT2D eigenvalue weighted by Crippen LogP contribution is -2.30. The lowest BCUT2D eigenvalue weighted by Gasteiger charge is -2.16. The summed E-state index contributed by atoms with van der Waals surface area (Å²) in [5.74, 6) is 0.843. The zero-order valence-corrected chi connectivity index (χ0v) is 15.7. The van der Waals surface area contributed by atoms with Gasteiger partial charge in [-0.05, 0) is 56.2 Å². The third kappa shape index (κ3) is 3.74. The zero-order chi connectivity index (χ0) is 19.0. The Morgan fingerprint density at radius 2 is 1.89 bits per heavy atom. The smallest absolute Gasteiger partial charge is 0.223 e. The number of Topliss-reactive ketones (excluding diaryl/α,β-unsaturated/α-hetero) is 1. The molecule has 2 aromatic carbocycles. The molecule has 0 aliphatic heterocycles. The fourth-order valence-corrected chi connectivity index (χ4v) is 3.33. The molecule has 1 unspecified atom stereocenters. The number of ketones is 1. The Hall–Kier alpha value is -2.66. The van der Waals surface area contributed by atoms with Crippen molar-refractivity contribution in [3.63, 3.8) is 0 Å². The van der Waals surface area contributed by atoms with E-state index in [0.29, 0.717) is 16.4 Å². The molecule has 3 aromatic rings. The first-order valence-electron chi connectivity index (χ1n) is 9.07. The Labute approximate surface area is 162 Å². The molecule has 0 bridgehead atoms. The van der Waals surface area contributed by atoms with Crippen molar-refractivity contribution >= 4 is 34.3 Å². The molecule has 1 heterocycles. The molecule has 4 rings (SSSR count). The summed E-state index contributed by atoms with van der Waals surface area (Å²) in [6.45, 7) is 2.06. The number of carbonyl (C=O) groups excluding carboxylic acids is 2. The van der Waals surface area contributed by atoms with Crippen LogP contribution < -0.4 is 5.32 Å². The van der Waals surface area contributed by atoms with Gasteiger partial charge in [-0.1, -0.05) is 23.7 Å². The summed E-state index contributed by atoms with van der Waals surface area (Å²) in [7, 11) is 0. The molecule has 1 aliphatic carbocycles. The minimum atomic E-state index is -0.275. The van der Waals surface area contributed by atoms with Crippen LogP contribution in [0.5, 0.6) is 0 Å². The number of fused-ring (bicyclic) bond motifs is 1. The predicted octanol–water partition coefficient (Wildman–Crippen LogP) is 4.16. The van der Waals surface area contributed by atoms with Crippen LogP contribution in [0.15, 0.2) is 48.5 Å². The topological polar surface area (TPSA) is 64.0 Å². The fourth-order valence-electron chi connectivity index (χ4n) is 3.20. The lowest BCUT2D eigenvalue weighted by molar-refractivity contribution is -0.123. The SMILES string of the molecule is CC(NC(=O)C1CC1)c1nc2ccccc2n1CC(=O)c1ccc(Cl)cc1. The van der Waals surface area contributed by atoms with Gasteiger partial charge in [0.25, 0.3) is 0 Å². The summed E-state index contributed by atoms with van der Waals surface area (Å²) in [4.78, 5) is 29.6. The van der Waals surface area contributed by atoms with E-state index >= 15 is 0 Å². The molecule has 1 saturated carbocycles. The van der Waals surface area contributed by atoms with E-state index in [1.807, 2.05) is 35.8 Å². The summed E-state index contributed by atoms with van der Waals surface area (Å²) in [5, 5.41) is 3.62. The van der Waals surface area contributed by atoms with E-state index in [4.69, 9.17) is 11.6 Å². The number of para-hydroxylation sites is 2. The highest BCUT2D eigenvalue weighted by molar-refractivity contribution is 6.30. The number of nitrogens with zero attached hydrogens (tertiary/aromatic N) is 2. The molecule has 6 heteroatoms. The largest absolute Gasteiger partial charge is 0.346 e. The maximum absolute atomic E-state index is 12.8. The number of rotatable bonds is 6. The molecular formula is C21H20ClN3O2. The zero-order valence-electron chi connectivity index (χ0n) is 15.0. The van der Waals surface area contributed by atoms with Crippen molar-refractivity contribution < 1.29 is 9.59 Å². The first kappa shape index (κ1) is 17.7. The van der Waals surface area contributed by atoms with Crippen LogP contribution in [0.25, 0.3) is 11.0 Å². The van der Waals surface area contributed by atoms with Crippen LogP contribution in [-0.4, -0.2) is 21.2 Å². The molecule has 1 N–H and O–H groups in total. The second-order valence-corrected chi connectivity index (χ2v) is 7.42. The number of halogens is 1. The Balaban J connectivity index is 1.66. The van der Waals surface area contributed by atoms with Crippen LogP contribution in [0.1, 0.15) is 42.0 Å². The van der Waals surface area contributed by atoms with Gasteiger partial charge in [-0.2, -0.15) is 0 Å². The molecule has 0 spiro atoms. The number of hydrogen-bond acceptors (Lipinski definition) is 3. The van der Waals surface area contributed by atoms with Gasteiger partial charge in [0.1, 0.15) is 5.82 Å². The molecule has 27 heavy (non-hydrogen) atoms. The van der Waals surface area contributed by atoms with Gasteiger partial charge in [0.2, 0.25) is 5.91 Å². The van der Waals surface area contributed by atoms with Gasteiger partial charge >= 0.3 is 0 Å². The van der Waals surface area contributed by atoms with Crippen molar-refractivity contribution in [2.24, 2.45) is 5.92 Å². The number of hydrogen-bond donors (Lipinski definition) is 1. The van der Waals surface area contributed by atoms with E-state index in [1.165, 1.54) is 0 Å². The van der Waals surface area contributed by atoms with E-state index in [1.54, 1.807) is 24.3 Å². The van der Waals surface area contributed by atoms with Crippen LogP contribution in [0, 0.1) is 5.92 Å². The van der Waals surface area contributed by atoms with Crippen molar-refractivity contribution in [3.05, 3.63) is 64.9 Å². The van der Waals surface area contributed by atoms with Crippen molar-refractivity contribution in [1.82, 2.24) is 14.9 Å². The quantitative estimate of drug-likeness (QED) is 0.652. The van der Waals surface area contributed by atoms with Gasteiger partial charge in [0.05, 0.1) is 23.6 Å². The minimum Gasteiger partial charge on any atom is -0.346 e. The van der Waals surface area contributed by atoms with Gasteiger partial charge < -0.3 is 9.88 Å². The second kappa shape index (κ2) is 7.16. The third-order valence-electron chi connectivity index (χ3n) is 4.85. The van der Waals surface area contributed by atoms with Gasteiger partial charge in [0, 0.05) is 16.5 Å².